The molecular weight excluding hydrogens is 518 g/mol. The van der Waals surface area contributed by atoms with Crippen LogP contribution >= 0.6 is 0 Å². The van der Waals surface area contributed by atoms with E-state index in [1.807, 2.05) is 0 Å². The van der Waals surface area contributed by atoms with Gasteiger partial charge in [0.2, 0.25) is 17.5 Å². The van der Waals surface area contributed by atoms with Gasteiger partial charge < -0.3 is 25.0 Å². The number of carbonyl (C=O) groups excluding carboxylic acids is 4. The van der Waals surface area contributed by atoms with Gasteiger partial charge in [-0.15, -0.1) is 0 Å². The Morgan fingerprint density at radius 3 is 2.13 bits per heavy atom. The first-order chi connectivity index (χ1) is 18.0. The normalized spacial score (nSPS) is 14.3. The van der Waals surface area contributed by atoms with Crippen LogP contribution in [-0.4, -0.2) is 76.7 Å². The molecule has 2 N–H and O–H groups in total. The number of piperazine rings is 1. The summed E-state index contributed by atoms with van der Waals surface area (Å²) in [6, 6.07) is 7.02. The molecule has 0 unspecified atom stereocenters. The molecule has 0 saturated carbocycles. The van der Waals surface area contributed by atoms with Crippen LogP contribution in [0, 0.1) is 23.3 Å². The van der Waals surface area contributed by atoms with Crippen LogP contribution in [0.15, 0.2) is 36.4 Å². The van der Waals surface area contributed by atoms with Gasteiger partial charge in [0.25, 0.3) is 0 Å². The number of hydrogen-bond acceptors (Lipinski definition) is 6. The van der Waals surface area contributed by atoms with Crippen molar-refractivity contribution < 1.29 is 51.4 Å². The number of carbonyl (C=O) groups is 5. The van der Waals surface area contributed by atoms with Crippen LogP contribution in [0.1, 0.15) is 12.0 Å². The Bertz CT molecular complexity index is 1230. The highest BCUT2D eigenvalue weighted by Crippen LogP contribution is 2.26. The smallest absolute Gasteiger partial charge is 0.312 e. The first kappa shape index (κ1) is 28.1. The molecule has 2 aromatic rings. The molecule has 0 radical (unpaired) electrons. The fourth-order valence-electron chi connectivity index (χ4n) is 3.58. The van der Waals surface area contributed by atoms with Crippen LogP contribution < -0.4 is 10.1 Å². The number of rotatable bonds is 11. The van der Waals surface area contributed by atoms with Crippen LogP contribution in [0.4, 0.5) is 17.6 Å². The first-order valence-electron chi connectivity index (χ1n) is 11.1. The van der Waals surface area contributed by atoms with Gasteiger partial charge in [0, 0.05) is 25.7 Å². The maximum atomic E-state index is 13.7. The molecule has 1 saturated heterocycles. The third-order valence-corrected chi connectivity index (χ3v) is 5.48. The van der Waals surface area contributed by atoms with Crippen molar-refractivity contribution in [2.75, 3.05) is 26.2 Å². The molecule has 38 heavy (non-hydrogen) atoms. The first-order valence-corrected chi connectivity index (χ1v) is 11.1. The fraction of sp³-hybridized carbons (Fsp3) is 0.292. The number of benzene rings is 2. The van der Waals surface area contributed by atoms with Gasteiger partial charge in [0.05, 0.1) is 6.42 Å². The minimum Gasteiger partial charge on any atom is -0.481 e. The highest BCUT2D eigenvalue weighted by molar-refractivity contribution is 6.35. The molecule has 1 aliphatic heterocycles. The third kappa shape index (κ3) is 6.83. The molecule has 0 spiro atoms. The van der Waals surface area contributed by atoms with Gasteiger partial charge in [-0.2, -0.15) is 8.78 Å². The fourth-order valence-corrected chi connectivity index (χ4v) is 3.58. The summed E-state index contributed by atoms with van der Waals surface area (Å²) in [5.74, 6) is -14.5. The number of amides is 3. The maximum Gasteiger partial charge on any atom is 0.312 e. The van der Waals surface area contributed by atoms with Gasteiger partial charge in [-0.1, -0.05) is 30.3 Å². The molecule has 14 heteroatoms. The molecule has 0 aliphatic carbocycles. The number of carboxylic acid groups (broad SMARTS) is 1. The highest BCUT2D eigenvalue weighted by Gasteiger charge is 2.34. The van der Waals surface area contributed by atoms with Gasteiger partial charge in [-0.3, -0.25) is 24.0 Å². The lowest BCUT2D eigenvalue weighted by Crippen LogP contribution is -2.57. The van der Waals surface area contributed by atoms with Crippen LogP contribution in [0.2, 0.25) is 0 Å². The zero-order chi connectivity index (χ0) is 28.0. The monoisotopic (exact) mass is 539 g/mol. The van der Waals surface area contributed by atoms with Gasteiger partial charge in [-0.25, -0.2) is 8.78 Å². The highest BCUT2D eigenvalue weighted by atomic mass is 19.2. The van der Waals surface area contributed by atoms with Crippen LogP contribution in [-0.2, 0) is 30.5 Å². The number of hydrogen-bond donors (Lipinski definition) is 2. The Morgan fingerprint density at radius 1 is 0.947 bits per heavy atom. The largest absolute Gasteiger partial charge is 0.481 e. The Kier molecular flexibility index (Phi) is 8.99. The average Bonchev–Trinajstić information content (AvgIpc) is 2.87. The second kappa shape index (κ2) is 12.2. The van der Waals surface area contributed by atoms with Crippen molar-refractivity contribution in [3.63, 3.8) is 0 Å². The molecule has 2 aromatic carbocycles. The summed E-state index contributed by atoms with van der Waals surface area (Å²) < 4.78 is 58.7. The van der Waals surface area contributed by atoms with Crippen LogP contribution in [0.25, 0.3) is 0 Å². The van der Waals surface area contributed by atoms with Crippen molar-refractivity contribution in [3.8, 4) is 5.75 Å². The van der Waals surface area contributed by atoms with Crippen molar-refractivity contribution in [3.05, 3.63) is 65.2 Å². The zero-order valence-corrected chi connectivity index (χ0v) is 19.6. The molecule has 1 heterocycles. The van der Waals surface area contributed by atoms with Crippen molar-refractivity contribution in [2.45, 2.75) is 19.0 Å². The predicted octanol–water partition coefficient (Wildman–Crippen LogP) is 1.02. The van der Waals surface area contributed by atoms with E-state index < -0.39 is 84.1 Å². The second-order valence-corrected chi connectivity index (χ2v) is 8.21. The molecular formula is C24H21F4N3O7. The molecule has 0 aromatic heterocycles. The summed E-state index contributed by atoms with van der Waals surface area (Å²) in [6.45, 7) is -1.66. The van der Waals surface area contributed by atoms with E-state index >= 15 is 0 Å². The molecule has 3 rings (SSSR count). The number of ketones is 1. The molecule has 3 amide bonds. The number of nitrogens with one attached hydrogen (secondary N) is 1. The van der Waals surface area contributed by atoms with E-state index in [0.29, 0.717) is 0 Å². The molecule has 1 aliphatic rings. The van der Waals surface area contributed by atoms with E-state index in [9.17, 15) is 41.5 Å². The number of halogens is 4. The van der Waals surface area contributed by atoms with Crippen molar-refractivity contribution in [2.24, 2.45) is 0 Å². The van der Waals surface area contributed by atoms with Gasteiger partial charge in [0.15, 0.2) is 23.2 Å². The Balaban J connectivity index is 1.60. The van der Waals surface area contributed by atoms with E-state index in [0.717, 1.165) is 10.5 Å². The topological polar surface area (TPSA) is 133 Å². The number of ether oxygens (including phenoxy) is 1. The number of carboxylic acids is 1. The maximum absolute atomic E-state index is 13.7. The van der Waals surface area contributed by atoms with E-state index in [1.165, 1.54) is 4.90 Å². The lowest BCUT2D eigenvalue weighted by atomic mass is 10.1. The summed E-state index contributed by atoms with van der Waals surface area (Å²) in [5, 5.41) is 11.1. The van der Waals surface area contributed by atoms with Crippen molar-refractivity contribution in [1.29, 1.82) is 0 Å². The van der Waals surface area contributed by atoms with E-state index in [2.05, 4.69) is 10.1 Å². The average molecular weight is 539 g/mol. The molecule has 1 atom stereocenters. The predicted molar refractivity (Wildman–Crippen MR) is 119 cm³/mol. The van der Waals surface area contributed by atoms with Gasteiger partial charge >= 0.3 is 17.8 Å². The number of aliphatic carboxylic acids is 1. The van der Waals surface area contributed by atoms with Crippen LogP contribution in [0.5, 0.6) is 5.75 Å². The standard InChI is InChI=1S/C24H21F4N3O7/c25-14-8-15(26)21(28)22(20(14)27)38-12-17(32)16(9-19(34)35)29-18(33)11-31-7-6-30(23(36)24(31)37)10-13-4-2-1-3-5-13/h1-5,8,16H,6-7,9-12H2,(H,29,33)(H,34,35)/t16-/m0/s1. The SMILES string of the molecule is O=C(O)C[C@H](NC(=O)CN1CCN(Cc2ccccc2)C(=O)C1=O)C(=O)COc1c(F)c(F)cc(F)c1F. The summed E-state index contributed by atoms with van der Waals surface area (Å²) in [7, 11) is 0. The zero-order valence-electron chi connectivity index (χ0n) is 19.6. The quantitative estimate of drug-likeness (QED) is 0.248. The minimum absolute atomic E-state index is 0.0187. The lowest BCUT2D eigenvalue weighted by molar-refractivity contribution is -0.157. The second-order valence-electron chi connectivity index (χ2n) is 8.21. The summed E-state index contributed by atoms with van der Waals surface area (Å²) in [6.07, 6.45) is -0.978. The molecule has 10 nitrogen and oxygen atoms in total. The van der Waals surface area contributed by atoms with Crippen molar-refractivity contribution >= 4 is 29.5 Å². The molecule has 202 valence electrons. The summed E-state index contributed by atoms with van der Waals surface area (Å²) in [5.41, 5.74) is 0.790. The Hall–Kier alpha value is -4.49. The Morgan fingerprint density at radius 2 is 1.53 bits per heavy atom. The van der Waals surface area contributed by atoms with Crippen LogP contribution in [0.3, 0.4) is 0 Å². The van der Waals surface area contributed by atoms with E-state index in [-0.39, 0.29) is 25.7 Å². The molecule has 0 bridgehead atoms. The molecule has 1 fully saturated rings. The lowest BCUT2D eigenvalue weighted by Gasteiger charge is -2.33. The van der Waals surface area contributed by atoms with Gasteiger partial charge in [-0.05, 0) is 5.56 Å². The summed E-state index contributed by atoms with van der Waals surface area (Å²) in [4.78, 5) is 63.2. The van der Waals surface area contributed by atoms with E-state index in [4.69, 9.17) is 5.11 Å². The number of Topliss-reactive ketones (excluding diaryl/α,β-unsaturated/α-hetero) is 1. The van der Waals surface area contributed by atoms with E-state index in [1.54, 1.807) is 30.3 Å². The van der Waals surface area contributed by atoms with Gasteiger partial charge in [0.1, 0.15) is 19.2 Å². The minimum atomic E-state index is -1.91. The third-order valence-electron chi connectivity index (χ3n) is 5.48. The Labute approximate surface area is 212 Å². The van der Waals surface area contributed by atoms with Crippen molar-refractivity contribution in [1.82, 2.24) is 15.1 Å². The summed E-state index contributed by atoms with van der Waals surface area (Å²) >= 11 is 0. The number of nitrogens with zero attached hydrogens (tertiary/aromatic N) is 2.